The zero-order valence-electron chi connectivity index (χ0n) is 10.7. The standard InChI is InChI=1S/C14H19FN2O/c1-11(17-9-3-2-4-10-17)14(18)16-13-7-5-12(15)6-8-13/h5-8,11H,2-4,9-10H2,1H3,(H,16,18)/t11-/m0/s1. The second-order valence-electron chi connectivity index (χ2n) is 4.77. The Labute approximate surface area is 107 Å². The first-order valence-corrected chi connectivity index (χ1v) is 6.47. The van der Waals surface area contributed by atoms with Gasteiger partial charge in [0.2, 0.25) is 5.91 Å². The minimum atomic E-state index is -0.294. The summed E-state index contributed by atoms with van der Waals surface area (Å²) in [5.74, 6) is -0.319. The van der Waals surface area contributed by atoms with E-state index < -0.39 is 0 Å². The third-order valence-corrected chi connectivity index (χ3v) is 3.43. The van der Waals surface area contributed by atoms with Crippen molar-refractivity contribution in [1.82, 2.24) is 4.90 Å². The molecule has 1 aliphatic heterocycles. The summed E-state index contributed by atoms with van der Waals surface area (Å²) in [7, 11) is 0. The first-order chi connectivity index (χ1) is 8.66. The van der Waals surface area contributed by atoms with Crippen LogP contribution in [0.2, 0.25) is 0 Å². The molecule has 1 heterocycles. The second-order valence-corrected chi connectivity index (χ2v) is 4.77. The molecule has 0 bridgehead atoms. The first-order valence-electron chi connectivity index (χ1n) is 6.47. The summed E-state index contributed by atoms with van der Waals surface area (Å²) in [5, 5.41) is 2.82. The van der Waals surface area contributed by atoms with Gasteiger partial charge < -0.3 is 5.32 Å². The molecule has 0 radical (unpaired) electrons. The third kappa shape index (κ3) is 3.29. The number of nitrogens with one attached hydrogen (secondary N) is 1. The van der Waals surface area contributed by atoms with Crippen LogP contribution < -0.4 is 5.32 Å². The fourth-order valence-corrected chi connectivity index (χ4v) is 2.25. The molecule has 0 saturated carbocycles. The van der Waals surface area contributed by atoms with Crippen molar-refractivity contribution in [2.24, 2.45) is 0 Å². The van der Waals surface area contributed by atoms with Crippen LogP contribution in [-0.2, 0) is 4.79 Å². The Morgan fingerprint density at radius 1 is 1.22 bits per heavy atom. The zero-order chi connectivity index (χ0) is 13.0. The molecule has 1 fully saturated rings. The van der Waals surface area contributed by atoms with Gasteiger partial charge in [-0.05, 0) is 57.1 Å². The van der Waals surface area contributed by atoms with Crippen molar-refractivity contribution >= 4 is 11.6 Å². The minimum Gasteiger partial charge on any atom is -0.325 e. The molecule has 1 aromatic carbocycles. The lowest BCUT2D eigenvalue weighted by molar-refractivity contribution is -0.121. The molecule has 1 aliphatic rings. The Kier molecular flexibility index (Phi) is 4.31. The van der Waals surface area contributed by atoms with E-state index in [9.17, 15) is 9.18 Å². The summed E-state index contributed by atoms with van der Waals surface area (Å²) in [6, 6.07) is 5.73. The first kappa shape index (κ1) is 13.0. The molecule has 1 amide bonds. The fourth-order valence-electron chi connectivity index (χ4n) is 2.25. The maximum atomic E-state index is 12.8. The van der Waals surface area contributed by atoms with E-state index >= 15 is 0 Å². The van der Waals surface area contributed by atoms with Crippen molar-refractivity contribution in [3.63, 3.8) is 0 Å². The van der Waals surface area contributed by atoms with Crippen molar-refractivity contribution in [1.29, 1.82) is 0 Å². The predicted octanol–water partition coefficient (Wildman–Crippen LogP) is 2.64. The molecule has 0 unspecified atom stereocenters. The van der Waals surface area contributed by atoms with Crippen LogP contribution in [0.1, 0.15) is 26.2 Å². The lowest BCUT2D eigenvalue weighted by Gasteiger charge is -2.31. The summed E-state index contributed by atoms with van der Waals surface area (Å²) in [6.07, 6.45) is 3.57. The number of anilines is 1. The van der Waals surface area contributed by atoms with E-state index in [1.54, 1.807) is 12.1 Å². The Bertz CT molecular complexity index is 399. The summed E-state index contributed by atoms with van der Waals surface area (Å²) in [6.45, 7) is 3.89. The van der Waals surface area contributed by atoms with Crippen LogP contribution in [0.5, 0.6) is 0 Å². The summed E-state index contributed by atoms with van der Waals surface area (Å²) in [5.41, 5.74) is 0.644. The van der Waals surface area contributed by atoms with Gasteiger partial charge in [-0.25, -0.2) is 4.39 Å². The summed E-state index contributed by atoms with van der Waals surface area (Å²) >= 11 is 0. The highest BCUT2D eigenvalue weighted by Crippen LogP contribution is 2.14. The van der Waals surface area contributed by atoms with Crippen LogP contribution >= 0.6 is 0 Å². The highest BCUT2D eigenvalue weighted by Gasteiger charge is 2.22. The van der Waals surface area contributed by atoms with E-state index in [0.717, 1.165) is 25.9 Å². The Morgan fingerprint density at radius 2 is 1.83 bits per heavy atom. The van der Waals surface area contributed by atoms with Crippen LogP contribution in [0, 0.1) is 5.82 Å². The highest BCUT2D eigenvalue weighted by atomic mass is 19.1. The molecule has 0 aliphatic carbocycles. The van der Waals surface area contributed by atoms with Crippen LogP contribution in [0.15, 0.2) is 24.3 Å². The number of benzene rings is 1. The smallest absolute Gasteiger partial charge is 0.241 e. The molecular weight excluding hydrogens is 231 g/mol. The Balaban J connectivity index is 1.92. The van der Waals surface area contributed by atoms with Crippen LogP contribution in [0.4, 0.5) is 10.1 Å². The van der Waals surface area contributed by atoms with E-state index in [4.69, 9.17) is 0 Å². The maximum absolute atomic E-state index is 12.8. The number of amides is 1. The van der Waals surface area contributed by atoms with Crippen molar-refractivity contribution in [2.75, 3.05) is 18.4 Å². The molecule has 2 rings (SSSR count). The average Bonchev–Trinajstić information content (AvgIpc) is 2.41. The number of piperidine rings is 1. The molecule has 1 saturated heterocycles. The quantitative estimate of drug-likeness (QED) is 0.894. The molecule has 18 heavy (non-hydrogen) atoms. The molecule has 0 aromatic heterocycles. The molecule has 98 valence electrons. The van der Waals surface area contributed by atoms with E-state index in [0.29, 0.717) is 5.69 Å². The van der Waals surface area contributed by atoms with Gasteiger partial charge in [0, 0.05) is 5.69 Å². The summed E-state index contributed by atoms with van der Waals surface area (Å²) in [4.78, 5) is 14.2. The molecule has 1 N–H and O–H groups in total. The van der Waals surface area contributed by atoms with E-state index in [2.05, 4.69) is 10.2 Å². The molecule has 1 atom stereocenters. The van der Waals surface area contributed by atoms with Crippen LogP contribution in [0.25, 0.3) is 0 Å². The van der Waals surface area contributed by atoms with Gasteiger partial charge in [-0.15, -0.1) is 0 Å². The van der Waals surface area contributed by atoms with Gasteiger partial charge in [-0.2, -0.15) is 0 Å². The van der Waals surface area contributed by atoms with Gasteiger partial charge in [-0.1, -0.05) is 6.42 Å². The lowest BCUT2D eigenvalue weighted by Crippen LogP contribution is -2.44. The zero-order valence-corrected chi connectivity index (χ0v) is 10.7. The second kappa shape index (κ2) is 5.96. The van der Waals surface area contributed by atoms with E-state index in [1.165, 1.54) is 18.6 Å². The number of hydrogen-bond donors (Lipinski definition) is 1. The number of carbonyl (C=O) groups excluding carboxylic acids is 1. The number of rotatable bonds is 3. The Hall–Kier alpha value is -1.42. The number of likely N-dealkylation sites (tertiary alicyclic amines) is 1. The number of halogens is 1. The minimum absolute atomic E-state index is 0.0245. The number of carbonyl (C=O) groups is 1. The van der Waals surface area contributed by atoms with E-state index in [-0.39, 0.29) is 17.8 Å². The fraction of sp³-hybridized carbons (Fsp3) is 0.500. The van der Waals surface area contributed by atoms with Gasteiger partial charge in [0.05, 0.1) is 6.04 Å². The van der Waals surface area contributed by atoms with Crippen molar-refractivity contribution in [2.45, 2.75) is 32.2 Å². The maximum Gasteiger partial charge on any atom is 0.241 e. The van der Waals surface area contributed by atoms with Crippen LogP contribution in [-0.4, -0.2) is 29.9 Å². The number of hydrogen-bond acceptors (Lipinski definition) is 2. The molecule has 3 nitrogen and oxygen atoms in total. The normalized spacial score (nSPS) is 18.3. The van der Waals surface area contributed by atoms with Crippen molar-refractivity contribution < 1.29 is 9.18 Å². The molecular formula is C14H19FN2O. The van der Waals surface area contributed by atoms with Gasteiger partial charge >= 0.3 is 0 Å². The topological polar surface area (TPSA) is 32.3 Å². The van der Waals surface area contributed by atoms with Crippen molar-refractivity contribution in [3.05, 3.63) is 30.1 Å². The molecule has 0 spiro atoms. The monoisotopic (exact) mass is 250 g/mol. The predicted molar refractivity (Wildman–Crippen MR) is 69.9 cm³/mol. The largest absolute Gasteiger partial charge is 0.325 e. The Morgan fingerprint density at radius 3 is 2.44 bits per heavy atom. The lowest BCUT2D eigenvalue weighted by atomic mass is 10.1. The van der Waals surface area contributed by atoms with Gasteiger partial charge in [-0.3, -0.25) is 9.69 Å². The third-order valence-electron chi connectivity index (χ3n) is 3.43. The van der Waals surface area contributed by atoms with Crippen molar-refractivity contribution in [3.8, 4) is 0 Å². The summed E-state index contributed by atoms with van der Waals surface area (Å²) < 4.78 is 12.8. The average molecular weight is 250 g/mol. The number of nitrogens with zero attached hydrogens (tertiary/aromatic N) is 1. The van der Waals surface area contributed by atoms with Gasteiger partial charge in [0.25, 0.3) is 0 Å². The van der Waals surface area contributed by atoms with Crippen LogP contribution in [0.3, 0.4) is 0 Å². The van der Waals surface area contributed by atoms with E-state index in [1.807, 2.05) is 6.92 Å². The molecule has 1 aromatic rings. The molecule has 4 heteroatoms. The van der Waals surface area contributed by atoms with Gasteiger partial charge in [0.15, 0.2) is 0 Å². The highest BCUT2D eigenvalue weighted by molar-refractivity contribution is 5.94. The van der Waals surface area contributed by atoms with Gasteiger partial charge in [0.1, 0.15) is 5.82 Å². The SMILES string of the molecule is C[C@@H](C(=O)Nc1ccc(F)cc1)N1CCCCC1.